The number of hydrogen-bond acceptors (Lipinski definition) is 6. The molecule has 8 heteroatoms. The van der Waals surface area contributed by atoms with Crippen LogP contribution in [0.15, 0.2) is 54.2 Å². The number of aromatic nitrogens is 2. The molecule has 1 aromatic carbocycles. The minimum Gasteiger partial charge on any atom is -0.452 e. The number of esters is 1. The molecule has 1 atom stereocenters. The van der Waals surface area contributed by atoms with Gasteiger partial charge in [-0.15, -0.1) is 11.3 Å². The van der Waals surface area contributed by atoms with E-state index < -0.39 is 23.8 Å². The van der Waals surface area contributed by atoms with E-state index >= 15 is 0 Å². The van der Waals surface area contributed by atoms with E-state index in [1.54, 1.807) is 23.8 Å². The van der Waals surface area contributed by atoms with E-state index in [-0.39, 0.29) is 6.42 Å². The van der Waals surface area contributed by atoms with Crippen LogP contribution in [0.2, 0.25) is 0 Å². The molecule has 3 rings (SSSR count). The molecule has 0 saturated heterocycles. The molecule has 0 radical (unpaired) electrons. The quantitative estimate of drug-likeness (QED) is 0.657. The van der Waals surface area contributed by atoms with Gasteiger partial charge in [0.2, 0.25) is 0 Å². The highest BCUT2D eigenvalue weighted by atomic mass is 32.1. The Morgan fingerprint density at radius 3 is 2.89 bits per heavy atom. The molecule has 1 N–H and O–H groups in total. The Morgan fingerprint density at radius 2 is 2.15 bits per heavy atom. The van der Waals surface area contributed by atoms with Gasteiger partial charge < -0.3 is 10.1 Å². The number of carbonyl (C=O) groups is 2. The fourth-order valence-corrected chi connectivity index (χ4v) is 3.07. The topological polar surface area (TPSA) is 81.2 Å². The smallest absolute Gasteiger partial charge is 0.312 e. The van der Waals surface area contributed by atoms with Crippen molar-refractivity contribution in [3.05, 3.63) is 65.7 Å². The molecule has 0 aliphatic rings. The van der Waals surface area contributed by atoms with Crippen molar-refractivity contribution in [2.75, 3.05) is 5.32 Å². The fraction of sp³-hybridized carbons (Fsp3) is 0.158. The molecule has 3 aromatic rings. The molecule has 0 spiro atoms. The van der Waals surface area contributed by atoms with Gasteiger partial charge in [0.25, 0.3) is 5.91 Å². The molecule has 0 unspecified atom stereocenters. The van der Waals surface area contributed by atoms with Crippen LogP contribution in [-0.2, 0) is 20.7 Å². The number of benzene rings is 1. The first-order valence-electron chi connectivity index (χ1n) is 8.12. The van der Waals surface area contributed by atoms with Gasteiger partial charge in [0.15, 0.2) is 6.10 Å². The van der Waals surface area contributed by atoms with Gasteiger partial charge in [0, 0.05) is 29.0 Å². The molecule has 0 fully saturated rings. The summed E-state index contributed by atoms with van der Waals surface area (Å²) in [7, 11) is 0. The summed E-state index contributed by atoms with van der Waals surface area (Å²) < 4.78 is 18.3. The largest absolute Gasteiger partial charge is 0.452 e. The van der Waals surface area contributed by atoms with E-state index in [2.05, 4.69) is 15.3 Å². The number of carbonyl (C=O) groups excluding carboxylic acids is 2. The number of halogens is 1. The van der Waals surface area contributed by atoms with Gasteiger partial charge in [0.1, 0.15) is 10.8 Å². The third-order valence-corrected chi connectivity index (χ3v) is 4.50. The average molecular weight is 385 g/mol. The molecule has 138 valence electrons. The number of nitrogens with one attached hydrogen (secondary N) is 1. The summed E-state index contributed by atoms with van der Waals surface area (Å²) in [6.45, 7) is 1.45. The van der Waals surface area contributed by atoms with Crippen molar-refractivity contribution in [3.63, 3.8) is 0 Å². The Balaban J connectivity index is 1.54. The maximum absolute atomic E-state index is 13.1. The number of ether oxygens (including phenoxy) is 1. The minimum atomic E-state index is -1.02. The molecular formula is C19H16FN3O3S. The van der Waals surface area contributed by atoms with Crippen molar-refractivity contribution in [3.8, 4) is 10.6 Å². The van der Waals surface area contributed by atoms with Gasteiger partial charge in [-0.05, 0) is 37.3 Å². The number of thiazole rings is 1. The molecule has 2 aromatic heterocycles. The lowest BCUT2D eigenvalue weighted by molar-refractivity contribution is -0.152. The maximum Gasteiger partial charge on any atom is 0.312 e. The van der Waals surface area contributed by atoms with E-state index in [9.17, 15) is 14.0 Å². The van der Waals surface area contributed by atoms with Gasteiger partial charge >= 0.3 is 5.97 Å². The van der Waals surface area contributed by atoms with Crippen LogP contribution in [0.25, 0.3) is 10.6 Å². The Bertz CT molecular complexity index is 946. The van der Waals surface area contributed by atoms with Gasteiger partial charge in [-0.25, -0.2) is 9.37 Å². The van der Waals surface area contributed by atoms with Gasteiger partial charge in [-0.3, -0.25) is 14.6 Å². The van der Waals surface area contributed by atoms with E-state index in [1.807, 2.05) is 12.1 Å². The molecule has 0 aliphatic carbocycles. The monoisotopic (exact) mass is 385 g/mol. The van der Waals surface area contributed by atoms with Crippen molar-refractivity contribution >= 4 is 28.9 Å². The second-order valence-electron chi connectivity index (χ2n) is 5.69. The number of anilines is 1. The summed E-state index contributed by atoms with van der Waals surface area (Å²) in [5.74, 6) is -1.58. The molecule has 1 amide bonds. The zero-order valence-corrected chi connectivity index (χ0v) is 15.2. The Kier molecular flexibility index (Phi) is 5.87. The summed E-state index contributed by atoms with van der Waals surface area (Å²) in [6, 6.07) is 9.17. The number of nitrogens with zero attached hydrogens (tertiary/aromatic N) is 2. The zero-order chi connectivity index (χ0) is 19.2. The van der Waals surface area contributed by atoms with Crippen LogP contribution in [0.4, 0.5) is 10.1 Å². The van der Waals surface area contributed by atoms with Crippen LogP contribution in [0.3, 0.4) is 0 Å². The van der Waals surface area contributed by atoms with Crippen molar-refractivity contribution in [2.24, 2.45) is 0 Å². The predicted octanol–water partition coefficient (Wildman–Crippen LogP) is 3.46. The van der Waals surface area contributed by atoms with Gasteiger partial charge in [-0.1, -0.05) is 6.07 Å². The van der Waals surface area contributed by atoms with E-state index in [1.165, 1.54) is 36.5 Å². The lowest BCUT2D eigenvalue weighted by atomic mass is 10.3. The first-order valence-corrected chi connectivity index (χ1v) is 9.00. The van der Waals surface area contributed by atoms with Crippen LogP contribution in [0, 0.1) is 5.82 Å². The Morgan fingerprint density at radius 1 is 1.30 bits per heavy atom. The highest BCUT2D eigenvalue weighted by molar-refractivity contribution is 7.13. The lowest BCUT2D eigenvalue weighted by Crippen LogP contribution is -2.30. The lowest BCUT2D eigenvalue weighted by Gasteiger charge is -2.13. The van der Waals surface area contributed by atoms with E-state index in [0.717, 1.165) is 10.6 Å². The van der Waals surface area contributed by atoms with Crippen molar-refractivity contribution in [1.82, 2.24) is 9.97 Å². The number of hydrogen-bond donors (Lipinski definition) is 1. The molecule has 27 heavy (non-hydrogen) atoms. The molecule has 6 nitrogen and oxygen atoms in total. The van der Waals surface area contributed by atoms with E-state index in [4.69, 9.17) is 4.74 Å². The minimum absolute atomic E-state index is 0.0473. The SMILES string of the molecule is C[C@@H](OC(=O)Cc1csc(-c2cccnc2)n1)C(=O)Nc1cccc(F)c1. The highest BCUT2D eigenvalue weighted by Crippen LogP contribution is 2.23. The van der Waals surface area contributed by atoms with Crippen molar-refractivity contribution < 1.29 is 18.7 Å². The Labute approximate surface area is 159 Å². The summed E-state index contributed by atoms with van der Waals surface area (Å²) in [6.07, 6.45) is 2.30. The molecule has 0 aliphatic heterocycles. The Hall–Kier alpha value is -3.13. The number of amides is 1. The first-order chi connectivity index (χ1) is 13.0. The number of pyridine rings is 1. The molecule has 2 heterocycles. The predicted molar refractivity (Wildman–Crippen MR) is 99.6 cm³/mol. The van der Waals surface area contributed by atoms with Crippen LogP contribution in [0.1, 0.15) is 12.6 Å². The number of rotatable bonds is 6. The van der Waals surface area contributed by atoms with Crippen molar-refractivity contribution in [1.29, 1.82) is 0 Å². The van der Waals surface area contributed by atoms with Crippen molar-refractivity contribution in [2.45, 2.75) is 19.4 Å². The average Bonchev–Trinajstić information content (AvgIpc) is 3.10. The normalized spacial score (nSPS) is 11.6. The maximum atomic E-state index is 13.1. The second kappa shape index (κ2) is 8.50. The summed E-state index contributed by atoms with van der Waals surface area (Å²) in [5, 5.41) is 5.02. The van der Waals surface area contributed by atoms with Crippen LogP contribution >= 0.6 is 11.3 Å². The molecule has 0 saturated carbocycles. The summed E-state index contributed by atoms with van der Waals surface area (Å²) in [5.41, 5.74) is 1.72. The fourth-order valence-electron chi connectivity index (χ4n) is 2.26. The van der Waals surface area contributed by atoms with E-state index in [0.29, 0.717) is 11.4 Å². The second-order valence-corrected chi connectivity index (χ2v) is 6.55. The third kappa shape index (κ3) is 5.18. The highest BCUT2D eigenvalue weighted by Gasteiger charge is 2.19. The van der Waals surface area contributed by atoms with Crippen LogP contribution < -0.4 is 5.32 Å². The molecular weight excluding hydrogens is 369 g/mol. The van der Waals surface area contributed by atoms with Crippen LogP contribution in [0.5, 0.6) is 0 Å². The zero-order valence-electron chi connectivity index (χ0n) is 14.4. The summed E-state index contributed by atoms with van der Waals surface area (Å²) >= 11 is 1.40. The third-order valence-electron chi connectivity index (χ3n) is 3.56. The van der Waals surface area contributed by atoms with Gasteiger partial charge in [0.05, 0.1) is 12.1 Å². The standard InChI is InChI=1S/C19H16FN3O3S/c1-12(18(25)22-15-6-2-5-14(20)8-15)26-17(24)9-16-11-27-19(23-16)13-4-3-7-21-10-13/h2-8,10-12H,9H2,1H3,(H,22,25)/t12-/m1/s1. The molecule has 0 bridgehead atoms. The van der Waals surface area contributed by atoms with Gasteiger partial charge in [-0.2, -0.15) is 0 Å². The summed E-state index contributed by atoms with van der Waals surface area (Å²) in [4.78, 5) is 32.6. The van der Waals surface area contributed by atoms with Crippen LogP contribution in [-0.4, -0.2) is 27.9 Å². The first kappa shape index (κ1) is 18.7.